The minimum Gasteiger partial charge on any atom is -0.496 e. The summed E-state index contributed by atoms with van der Waals surface area (Å²) in [5.74, 6) is 7.89. The molecule has 0 saturated carbocycles. The van der Waals surface area contributed by atoms with Gasteiger partial charge in [0.2, 0.25) is 16.9 Å². The maximum atomic E-state index is 12.0. The average molecular weight is 330 g/mol. The molecule has 0 spiro atoms. The zero-order valence-electron chi connectivity index (χ0n) is 13.6. The van der Waals surface area contributed by atoms with Gasteiger partial charge in [0.25, 0.3) is 0 Å². The fourth-order valence-electron chi connectivity index (χ4n) is 2.15. The average Bonchev–Trinajstić information content (AvgIpc) is 2.95. The van der Waals surface area contributed by atoms with Crippen LogP contribution in [0.2, 0.25) is 0 Å². The van der Waals surface area contributed by atoms with Gasteiger partial charge in [-0.2, -0.15) is 0 Å². The first-order valence-electron chi connectivity index (χ1n) is 7.10. The van der Waals surface area contributed by atoms with Crippen molar-refractivity contribution in [2.75, 3.05) is 13.4 Å². The van der Waals surface area contributed by atoms with Crippen molar-refractivity contribution in [2.45, 2.75) is 26.7 Å². The summed E-state index contributed by atoms with van der Waals surface area (Å²) >= 11 is 1.16. The van der Waals surface area contributed by atoms with Crippen LogP contribution in [-0.2, 0) is 6.42 Å². The number of aromatic nitrogens is 2. The number of hydrogen-bond acceptors (Lipinski definition) is 6. The maximum absolute atomic E-state index is 12.0. The van der Waals surface area contributed by atoms with Crippen LogP contribution >= 0.6 is 11.8 Å². The first-order chi connectivity index (χ1) is 11.0. The van der Waals surface area contributed by atoms with Crippen molar-refractivity contribution in [3.05, 3.63) is 40.6 Å². The molecule has 1 aromatic heterocycles. The highest BCUT2D eigenvalue weighted by Gasteiger charge is 2.14. The molecular formula is C17H18N2O3S. The van der Waals surface area contributed by atoms with Crippen LogP contribution < -0.4 is 4.74 Å². The van der Waals surface area contributed by atoms with Gasteiger partial charge in [0.05, 0.1) is 12.7 Å². The van der Waals surface area contributed by atoms with Crippen molar-refractivity contribution in [3.8, 4) is 17.6 Å². The highest BCUT2D eigenvalue weighted by molar-refractivity contribution is 8.13. The van der Waals surface area contributed by atoms with Crippen LogP contribution in [0.25, 0.3) is 0 Å². The molecule has 0 aliphatic heterocycles. The molecule has 5 nitrogen and oxygen atoms in total. The summed E-state index contributed by atoms with van der Waals surface area (Å²) in [5, 5.41) is 7.67. The van der Waals surface area contributed by atoms with E-state index in [1.165, 1.54) is 0 Å². The van der Waals surface area contributed by atoms with E-state index in [-0.39, 0.29) is 5.12 Å². The molecule has 1 heterocycles. The number of benzene rings is 1. The molecule has 0 saturated heterocycles. The Hall–Kier alpha value is -2.26. The van der Waals surface area contributed by atoms with Gasteiger partial charge in [-0.1, -0.05) is 23.6 Å². The van der Waals surface area contributed by atoms with Crippen LogP contribution in [-0.4, -0.2) is 28.7 Å². The van der Waals surface area contributed by atoms with E-state index in [2.05, 4.69) is 22.0 Å². The molecule has 1 aromatic carbocycles. The minimum atomic E-state index is -0.0325. The monoisotopic (exact) mass is 330 g/mol. The van der Waals surface area contributed by atoms with Crippen molar-refractivity contribution in [1.82, 2.24) is 10.2 Å². The summed E-state index contributed by atoms with van der Waals surface area (Å²) in [6.45, 7) is 3.66. The smallest absolute Gasteiger partial charge is 0.222 e. The fraction of sp³-hybridized carbons (Fsp3) is 0.353. The van der Waals surface area contributed by atoms with Crippen LogP contribution in [0.5, 0.6) is 5.75 Å². The maximum Gasteiger partial charge on any atom is 0.222 e. The van der Waals surface area contributed by atoms with Crippen molar-refractivity contribution >= 4 is 16.9 Å². The van der Waals surface area contributed by atoms with E-state index in [9.17, 15) is 4.79 Å². The molecular weight excluding hydrogens is 312 g/mol. The van der Waals surface area contributed by atoms with Crippen LogP contribution in [0.15, 0.2) is 16.5 Å². The topological polar surface area (TPSA) is 65.2 Å². The van der Waals surface area contributed by atoms with E-state index in [1.54, 1.807) is 26.4 Å². The lowest BCUT2D eigenvalue weighted by molar-refractivity contribution is 0.108. The lowest BCUT2D eigenvalue weighted by Crippen LogP contribution is -2.00. The molecule has 2 aromatic rings. The van der Waals surface area contributed by atoms with Gasteiger partial charge in [-0.05, 0) is 30.9 Å². The van der Waals surface area contributed by atoms with Gasteiger partial charge in [-0.25, -0.2) is 0 Å². The summed E-state index contributed by atoms with van der Waals surface area (Å²) in [7, 11) is 1.57. The number of carbonyl (C=O) groups excluding carboxylic acids is 1. The molecule has 2 rings (SSSR count). The summed E-state index contributed by atoms with van der Waals surface area (Å²) in [6, 6.07) is 3.69. The Labute approximate surface area is 139 Å². The first-order valence-corrected chi connectivity index (χ1v) is 8.32. The summed E-state index contributed by atoms with van der Waals surface area (Å²) in [5.41, 5.74) is 2.24. The number of hydrogen-bond donors (Lipinski definition) is 0. The Bertz CT molecular complexity index is 772. The third kappa shape index (κ3) is 4.36. The molecule has 0 atom stereocenters. The molecule has 6 heteroatoms. The van der Waals surface area contributed by atoms with E-state index in [0.29, 0.717) is 35.9 Å². The van der Waals surface area contributed by atoms with Crippen molar-refractivity contribution in [1.29, 1.82) is 0 Å². The van der Waals surface area contributed by atoms with Gasteiger partial charge < -0.3 is 9.15 Å². The first kappa shape index (κ1) is 17.1. The number of aryl methyl sites for hydroxylation is 3. The fourth-order valence-corrected chi connectivity index (χ4v) is 2.52. The van der Waals surface area contributed by atoms with Crippen LogP contribution in [0.3, 0.4) is 0 Å². The molecule has 0 fully saturated rings. The summed E-state index contributed by atoms with van der Waals surface area (Å²) in [4.78, 5) is 12.0. The Morgan fingerprint density at radius 3 is 2.74 bits per heavy atom. The second kappa shape index (κ2) is 7.84. The lowest BCUT2D eigenvalue weighted by Gasteiger charge is -2.10. The summed E-state index contributed by atoms with van der Waals surface area (Å²) < 4.78 is 10.6. The Morgan fingerprint density at radius 1 is 1.35 bits per heavy atom. The molecule has 0 aliphatic carbocycles. The molecule has 0 unspecified atom stereocenters. The largest absolute Gasteiger partial charge is 0.496 e. The third-order valence-electron chi connectivity index (χ3n) is 3.15. The quantitative estimate of drug-likeness (QED) is 0.802. The molecule has 0 amide bonds. The summed E-state index contributed by atoms with van der Waals surface area (Å²) in [6.07, 6.45) is 2.97. The molecule has 120 valence electrons. The molecule has 23 heavy (non-hydrogen) atoms. The van der Waals surface area contributed by atoms with Gasteiger partial charge in [-0.15, -0.1) is 10.2 Å². The molecule has 0 bridgehead atoms. The van der Waals surface area contributed by atoms with Crippen molar-refractivity contribution in [2.24, 2.45) is 0 Å². The Kier molecular flexibility index (Phi) is 5.83. The van der Waals surface area contributed by atoms with Crippen LogP contribution in [0.1, 0.15) is 39.7 Å². The SMILES string of the molecule is COc1c(C)cc(C#CCCc2nnc(C)o2)cc1C(=O)SC. The van der Waals surface area contributed by atoms with E-state index in [0.717, 1.165) is 22.9 Å². The zero-order valence-corrected chi connectivity index (χ0v) is 14.4. The van der Waals surface area contributed by atoms with Gasteiger partial charge in [-0.3, -0.25) is 4.79 Å². The van der Waals surface area contributed by atoms with Gasteiger partial charge >= 0.3 is 0 Å². The normalized spacial score (nSPS) is 10.1. The standard InChI is InChI=1S/C17H18N2O3S/c1-11-9-13(10-14(16(11)21-3)17(20)23-4)7-5-6-8-15-19-18-12(2)22-15/h9-10H,6,8H2,1-4H3. The number of rotatable bonds is 4. The number of thioether (sulfide) groups is 1. The minimum absolute atomic E-state index is 0.0325. The van der Waals surface area contributed by atoms with E-state index >= 15 is 0 Å². The van der Waals surface area contributed by atoms with Crippen LogP contribution in [0, 0.1) is 25.7 Å². The van der Waals surface area contributed by atoms with Crippen molar-refractivity contribution in [3.63, 3.8) is 0 Å². The van der Waals surface area contributed by atoms with Gasteiger partial charge in [0.1, 0.15) is 5.75 Å². The number of ether oxygens (including phenoxy) is 1. The molecule has 0 radical (unpaired) electrons. The number of carbonyl (C=O) groups is 1. The van der Waals surface area contributed by atoms with Gasteiger partial charge in [0, 0.05) is 25.3 Å². The van der Waals surface area contributed by atoms with Crippen molar-refractivity contribution < 1.29 is 13.9 Å². The number of nitrogens with zero attached hydrogens (tertiary/aromatic N) is 2. The molecule has 0 N–H and O–H groups in total. The second-order valence-electron chi connectivity index (χ2n) is 4.88. The lowest BCUT2D eigenvalue weighted by atomic mass is 10.1. The zero-order chi connectivity index (χ0) is 16.8. The van der Waals surface area contributed by atoms with Crippen LogP contribution in [0.4, 0.5) is 0 Å². The Balaban J connectivity index is 2.15. The highest BCUT2D eigenvalue weighted by Crippen LogP contribution is 2.27. The second-order valence-corrected chi connectivity index (χ2v) is 5.66. The molecule has 0 aliphatic rings. The van der Waals surface area contributed by atoms with Gasteiger partial charge in [0.15, 0.2) is 0 Å². The Morgan fingerprint density at radius 2 is 2.13 bits per heavy atom. The van der Waals surface area contributed by atoms with E-state index in [1.807, 2.05) is 13.0 Å². The number of methoxy groups -OCH3 is 1. The van der Waals surface area contributed by atoms with E-state index in [4.69, 9.17) is 9.15 Å². The predicted molar refractivity (Wildman–Crippen MR) is 89.8 cm³/mol. The third-order valence-corrected chi connectivity index (χ3v) is 3.74. The highest BCUT2D eigenvalue weighted by atomic mass is 32.2. The van der Waals surface area contributed by atoms with E-state index < -0.39 is 0 Å². The predicted octanol–water partition coefficient (Wildman–Crippen LogP) is 3.18.